The summed E-state index contributed by atoms with van der Waals surface area (Å²) in [7, 11) is 0. The molecule has 32 heavy (non-hydrogen) atoms. The van der Waals surface area contributed by atoms with Crippen molar-refractivity contribution >= 4 is 17.5 Å². The predicted molar refractivity (Wildman–Crippen MR) is 123 cm³/mol. The number of anilines is 1. The van der Waals surface area contributed by atoms with Crippen LogP contribution in [0.15, 0.2) is 29.8 Å². The minimum absolute atomic E-state index is 0.0392. The summed E-state index contributed by atoms with van der Waals surface area (Å²) < 4.78 is 5.92. The van der Waals surface area contributed by atoms with Crippen LogP contribution in [-0.2, 0) is 16.0 Å². The number of carbonyl (C=O) groups is 2. The molecule has 0 saturated carbocycles. The Hall–Kier alpha value is -2.34. The average molecular weight is 436 g/mol. The van der Waals surface area contributed by atoms with Crippen LogP contribution < -0.4 is 10.1 Å². The summed E-state index contributed by atoms with van der Waals surface area (Å²) in [6, 6.07) is 6.74. The summed E-state index contributed by atoms with van der Waals surface area (Å²) in [4.78, 5) is 29.8. The zero-order valence-electron chi connectivity index (χ0n) is 18.7. The maximum Gasteiger partial charge on any atom is 0.261 e. The monoisotopic (exact) mass is 435 g/mol. The van der Waals surface area contributed by atoms with Crippen LogP contribution in [0, 0.1) is 11.8 Å². The van der Waals surface area contributed by atoms with Gasteiger partial charge in [0.25, 0.3) is 5.91 Å². The first-order valence-electron chi connectivity index (χ1n) is 12.5. The molecule has 5 aliphatic rings. The Morgan fingerprint density at radius 1 is 1.12 bits per heavy atom. The summed E-state index contributed by atoms with van der Waals surface area (Å²) in [6.07, 6.45) is 11.3. The lowest BCUT2D eigenvalue weighted by Crippen LogP contribution is -2.60. The van der Waals surface area contributed by atoms with Gasteiger partial charge in [0.2, 0.25) is 5.91 Å². The highest BCUT2D eigenvalue weighted by atomic mass is 16.5. The Labute approximate surface area is 190 Å². The number of piperidine rings is 3. The van der Waals surface area contributed by atoms with Crippen molar-refractivity contribution in [1.29, 1.82) is 0 Å². The molecule has 1 aromatic rings. The number of likely N-dealkylation sites (tertiary alicyclic amines) is 1. The molecule has 3 saturated heterocycles. The van der Waals surface area contributed by atoms with Crippen molar-refractivity contribution in [3.63, 3.8) is 0 Å². The largest absolute Gasteiger partial charge is 0.484 e. The van der Waals surface area contributed by atoms with Crippen LogP contribution in [0.1, 0.15) is 50.5 Å². The lowest BCUT2D eigenvalue weighted by Gasteiger charge is -2.54. The molecule has 3 fully saturated rings. The molecule has 4 atom stereocenters. The maximum atomic E-state index is 13.3. The molecule has 2 amide bonds. The molecule has 0 radical (unpaired) electrons. The van der Waals surface area contributed by atoms with E-state index in [1.807, 2.05) is 18.2 Å². The molecule has 170 valence electrons. The molecule has 1 N–H and O–H groups in total. The Morgan fingerprint density at radius 2 is 2.06 bits per heavy atom. The summed E-state index contributed by atoms with van der Waals surface area (Å²) >= 11 is 0. The third-order valence-corrected chi connectivity index (χ3v) is 8.32. The fraction of sp³-hybridized carbons (Fsp3) is 0.615. The van der Waals surface area contributed by atoms with Crippen molar-refractivity contribution in [2.75, 3.05) is 31.6 Å². The first-order chi connectivity index (χ1) is 15.7. The van der Waals surface area contributed by atoms with Crippen molar-refractivity contribution < 1.29 is 14.3 Å². The number of benzene rings is 1. The number of carbonyl (C=O) groups excluding carboxylic acids is 2. The number of amides is 2. The number of aryl methyl sites for hydroxylation is 1. The molecule has 2 bridgehead atoms. The maximum absolute atomic E-state index is 13.3. The summed E-state index contributed by atoms with van der Waals surface area (Å²) in [5.41, 5.74) is 3.44. The van der Waals surface area contributed by atoms with Gasteiger partial charge in [0.05, 0.1) is 6.04 Å². The molecule has 4 aliphatic heterocycles. The second-order valence-corrected chi connectivity index (χ2v) is 10.3. The van der Waals surface area contributed by atoms with Crippen molar-refractivity contribution in [2.24, 2.45) is 11.8 Å². The Morgan fingerprint density at radius 3 is 3.00 bits per heavy atom. The van der Waals surface area contributed by atoms with Gasteiger partial charge >= 0.3 is 0 Å². The minimum Gasteiger partial charge on any atom is -0.484 e. The van der Waals surface area contributed by atoms with Gasteiger partial charge in [-0.3, -0.25) is 14.5 Å². The van der Waals surface area contributed by atoms with Gasteiger partial charge in [-0.2, -0.15) is 0 Å². The number of nitrogens with zero attached hydrogens (tertiary/aromatic N) is 2. The summed E-state index contributed by atoms with van der Waals surface area (Å²) in [5.74, 6) is 2.00. The van der Waals surface area contributed by atoms with E-state index in [-0.39, 0.29) is 24.5 Å². The van der Waals surface area contributed by atoms with Crippen LogP contribution in [0.2, 0.25) is 0 Å². The van der Waals surface area contributed by atoms with Gasteiger partial charge in [-0.05, 0) is 68.5 Å². The van der Waals surface area contributed by atoms with Crippen molar-refractivity contribution in [3.8, 4) is 5.75 Å². The zero-order valence-corrected chi connectivity index (χ0v) is 18.7. The zero-order chi connectivity index (χ0) is 21.7. The quantitative estimate of drug-likeness (QED) is 0.740. The Balaban J connectivity index is 1.16. The van der Waals surface area contributed by atoms with E-state index >= 15 is 0 Å². The smallest absolute Gasteiger partial charge is 0.261 e. The fourth-order valence-electron chi connectivity index (χ4n) is 6.92. The fourth-order valence-corrected chi connectivity index (χ4v) is 6.92. The van der Waals surface area contributed by atoms with Crippen LogP contribution in [0.25, 0.3) is 0 Å². The number of hydrogen-bond donors (Lipinski definition) is 1. The highest BCUT2D eigenvalue weighted by molar-refractivity contribution is 5.94. The van der Waals surface area contributed by atoms with E-state index in [9.17, 15) is 9.59 Å². The molecule has 6 nitrogen and oxygen atoms in total. The molecule has 6 rings (SSSR count). The Bertz CT molecular complexity index is 958. The van der Waals surface area contributed by atoms with Gasteiger partial charge in [0.15, 0.2) is 6.61 Å². The van der Waals surface area contributed by atoms with Gasteiger partial charge in [0.1, 0.15) is 5.75 Å². The van der Waals surface area contributed by atoms with Crippen molar-refractivity contribution in [2.45, 2.75) is 63.5 Å². The number of rotatable bonds is 3. The molecule has 4 heterocycles. The standard InChI is InChI=1S/C26H33N3O3/c30-24-9-7-17-6-8-21(14-22(17)27-24)32-16-25(31)29-11-3-4-18-12-19-13-20(26(18)29)15-28-10-2-1-5-23(19)28/h6,8,12,14,19-20,23,26H,1-5,7,9-11,13,15-16H2,(H,27,30)/t19-,20+,23-,26+/m0/s1. The Kier molecular flexibility index (Phi) is 5.21. The van der Waals surface area contributed by atoms with E-state index in [1.165, 1.54) is 37.8 Å². The number of fused-ring (bicyclic) bond motifs is 7. The van der Waals surface area contributed by atoms with Gasteiger partial charge in [-0.15, -0.1) is 0 Å². The molecule has 0 unspecified atom stereocenters. The highest BCUT2D eigenvalue weighted by Crippen LogP contribution is 2.45. The van der Waals surface area contributed by atoms with E-state index in [0.29, 0.717) is 24.0 Å². The molecular formula is C26H33N3O3. The van der Waals surface area contributed by atoms with Gasteiger partial charge in [-0.1, -0.05) is 24.1 Å². The molecule has 6 heteroatoms. The highest BCUT2D eigenvalue weighted by Gasteiger charge is 2.46. The second-order valence-electron chi connectivity index (χ2n) is 10.3. The third kappa shape index (κ3) is 3.62. The van der Waals surface area contributed by atoms with Gasteiger partial charge in [0, 0.05) is 37.3 Å². The first kappa shape index (κ1) is 20.3. The molecule has 0 spiro atoms. The van der Waals surface area contributed by atoms with Crippen molar-refractivity contribution in [3.05, 3.63) is 35.4 Å². The topological polar surface area (TPSA) is 61.9 Å². The third-order valence-electron chi connectivity index (χ3n) is 8.32. The van der Waals surface area contributed by atoms with E-state index in [4.69, 9.17) is 4.74 Å². The lowest BCUT2D eigenvalue weighted by atomic mass is 9.68. The van der Waals surface area contributed by atoms with E-state index < -0.39 is 0 Å². The van der Waals surface area contributed by atoms with Crippen molar-refractivity contribution in [1.82, 2.24) is 9.80 Å². The number of ether oxygens (including phenoxy) is 1. The minimum atomic E-state index is 0.0392. The summed E-state index contributed by atoms with van der Waals surface area (Å²) in [6.45, 7) is 3.24. The summed E-state index contributed by atoms with van der Waals surface area (Å²) in [5, 5.41) is 2.91. The van der Waals surface area contributed by atoms with Gasteiger partial charge in [-0.25, -0.2) is 0 Å². The predicted octanol–water partition coefficient (Wildman–Crippen LogP) is 3.37. The van der Waals surface area contributed by atoms with E-state index in [0.717, 1.165) is 49.6 Å². The number of hydrogen-bond acceptors (Lipinski definition) is 4. The van der Waals surface area contributed by atoms with Crippen LogP contribution in [0.5, 0.6) is 5.75 Å². The van der Waals surface area contributed by atoms with Crippen LogP contribution in [-0.4, -0.2) is 59.9 Å². The molecule has 1 aliphatic carbocycles. The van der Waals surface area contributed by atoms with Crippen LogP contribution in [0.4, 0.5) is 5.69 Å². The van der Waals surface area contributed by atoms with E-state index in [2.05, 4.69) is 21.2 Å². The number of nitrogens with one attached hydrogen (secondary N) is 1. The first-order valence-corrected chi connectivity index (χ1v) is 12.5. The SMILES string of the molecule is O=C1CCc2ccc(OCC(=O)N3CCCC4=C[C@H]5C[C@H](CN6CCCC[C@@H]56)[C@@H]43)cc2N1. The average Bonchev–Trinajstić information content (AvgIpc) is 2.82. The van der Waals surface area contributed by atoms with Gasteiger partial charge < -0.3 is 15.0 Å². The molecule has 1 aromatic carbocycles. The molecular weight excluding hydrogens is 402 g/mol. The van der Waals surface area contributed by atoms with Crippen LogP contribution in [0.3, 0.4) is 0 Å². The normalized spacial score (nSPS) is 31.6. The van der Waals surface area contributed by atoms with E-state index in [1.54, 1.807) is 0 Å². The second kappa shape index (κ2) is 8.22. The lowest BCUT2D eigenvalue weighted by molar-refractivity contribution is -0.138. The van der Waals surface area contributed by atoms with Crippen LogP contribution >= 0.6 is 0 Å². The molecule has 0 aromatic heterocycles.